The molecule has 16 heavy (non-hydrogen) atoms. The molecular weight excluding hydrogens is 196 g/mol. The van der Waals surface area contributed by atoms with Gasteiger partial charge in [0.05, 0.1) is 12.2 Å². The monoisotopic (exact) mass is 210 g/mol. The lowest BCUT2D eigenvalue weighted by Crippen LogP contribution is -1.90. The van der Waals surface area contributed by atoms with Crippen LogP contribution in [0.4, 0.5) is 0 Å². The molecule has 0 aliphatic heterocycles. The van der Waals surface area contributed by atoms with Gasteiger partial charge in [-0.3, -0.25) is 9.98 Å². The highest BCUT2D eigenvalue weighted by molar-refractivity contribution is 5.76. The third-order valence-corrected chi connectivity index (χ3v) is 2.25. The average Bonchev–Trinajstić information content (AvgIpc) is 2.30. The second-order valence-electron chi connectivity index (χ2n) is 3.66. The average molecular weight is 210 g/mol. The Morgan fingerprint density at radius 2 is 1.88 bits per heavy atom. The van der Waals surface area contributed by atoms with Gasteiger partial charge in [-0.05, 0) is 24.6 Å². The summed E-state index contributed by atoms with van der Waals surface area (Å²) in [5, 5.41) is 0. The lowest BCUT2D eigenvalue weighted by Gasteiger charge is -1.96. The molecule has 0 unspecified atom stereocenters. The molecule has 0 amide bonds. The summed E-state index contributed by atoms with van der Waals surface area (Å²) in [4.78, 5) is 8.72. The van der Waals surface area contributed by atoms with Gasteiger partial charge in [0, 0.05) is 11.9 Å². The maximum absolute atomic E-state index is 4.37. The molecular formula is C14H14N2. The van der Waals surface area contributed by atoms with E-state index in [0.29, 0.717) is 6.54 Å². The van der Waals surface area contributed by atoms with Crippen LogP contribution < -0.4 is 0 Å². The van der Waals surface area contributed by atoms with Crippen LogP contribution in [-0.2, 0) is 6.54 Å². The summed E-state index contributed by atoms with van der Waals surface area (Å²) < 4.78 is 0. The van der Waals surface area contributed by atoms with Gasteiger partial charge in [-0.1, -0.05) is 36.4 Å². The summed E-state index contributed by atoms with van der Waals surface area (Å²) in [6.45, 7) is 2.69. The molecule has 0 saturated heterocycles. The molecule has 2 nitrogen and oxygen atoms in total. The van der Waals surface area contributed by atoms with Gasteiger partial charge >= 0.3 is 0 Å². The van der Waals surface area contributed by atoms with Crippen molar-refractivity contribution in [2.45, 2.75) is 13.5 Å². The maximum atomic E-state index is 4.37. The minimum Gasteiger partial charge on any atom is -0.286 e. The highest BCUT2D eigenvalue weighted by Crippen LogP contribution is 2.00. The Kier molecular flexibility index (Phi) is 3.44. The van der Waals surface area contributed by atoms with Crippen LogP contribution in [0.2, 0.25) is 0 Å². The first-order valence-electron chi connectivity index (χ1n) is 5.32. The molecule has 1 aromatic carbocycles. The second-order valence-corrected chi connectivity index (χ2v) is 3.66. The number of aromatic nitrogens is 1. The Morgan fingerprint density at radius 3 is 2.62 bits per heavy atom. The SMILES string of the molecule is Cc1cccc(C=NCc2ccccc2)n1. The molecule has 0 N–H and O–H groups in total. The Morgan fingerprint density at radius 1 is 1.06 bits per heavy atom. The van der Waals surface area contributed by atoms with Crippen molar-refractivity contribution in [3.05, 3.63) is 65.5 Å². The van der Waals surface area contributed by atoms with Crippen LogP contribution in [0.5, 0.6) is 0 Å². The smallest absolute Gasteiger partial charge is 0.0811 e. The van der Waals surface area contributed by atoms with Gasteiger partial charge in [-0.25, -0.2) is 0 Å². The quantitative estimate of drug-likeness (QED) is 0.715. The number of aryl methyl sites for hydroxylation is 1. The number of benzene rings is 1. The van der Waals surface area contributed by atoms with E-state index in [1.807, 2.05) is 49.5 Å². The largest absolute Gasteiger partial charge is 0.286 e. The fourth-order valence-electron chi connectivity index (χ4n) is 1.46. The van der Waals surface area contributed by atoms with E-state index in [9.17, 15) is 0 Å². The van der Waals surface area contributed by atoms with Crippen molar-refractivity contribution >= 4 is 6.21 Å². The first kappa shape index (κ1) is 10.6. The van der Waals surface area contributed by atoms with Crippen molar-refractivity contribution in [3.63, 3.8) is 0 Å². The highest BCUT2D eigenvalue weighted by atomic mass is 14.8. The van der Waals surface area contributed by atoms with Crippen LogP contribution in [0.3, 0.4) is 0 Å². The van der Waals surface area contributed by atoms with Gasteiger partial charge < -0.3 is 0 Å². The number of nitrogens with zero attached hydrogens (tertiary/aromatic N) is 2. The molecule has 2 heteroatoms. The zero-order valence-corrected chi connectivity index (χ0v) is 9.30. The molecule has 0 atom stereocenters. The van der Waals surface area contributed by atoms with Crippen molar-refractivity contribution in [2.75, 3.05) is 0 Å². The number of aliphatic imine (C=N–C) groups is 1. The molecule has 0 fully saturated rings. The maximum Gasteiger partial charge on any atom is 0.0811 e. The zero-order chi connectivity index (χ0) is 11.2. The predicted octanol–water partition coefficient (Wildman–Crippen LogP) is 3.01. The van der Waals surface area contributed by atoms with Crippen molar-refractivity contribution in [1.29, 1.82) is 0 Å². The molecule has 1 heterocycles. The molecule has 80 valence electrons. The van der Waals surface area contributed by atoms with Crippen LogP contribution in [-0.4, -0.2) is 11.2 Å². The second kappa shape index (κ2) is 5.21. The highest BCUT2D eigenvalue weighted by Gasteiger charge is 1.90. The number of pyridine rings is 1. The third kappa shape index (κ3) is 3.02. The standard InChI is InChI=1S/C14H14N2/c1-12-6-5-9-14(16-12)11-15-10-13-7-3-2-4-8-13/h2-9,11H,10H2,1H3. The van der Waals surface area contributed by atoms with E-state index in [1.165, 1.54) is 5.56 Å². The Balaban J connectivity index is 2.00. The predicted molar refractivity (Wildman–Crippen MR) is 66.7 cm³/mol. The van der Waals surface area contributed by atoms with Gasteiger partial charge in [0.1, 0.15) is 0 Å². The van der Waals surface area contributed by atoms with E-state index in [2.05, 4.69) is 22.1 Å². The molecule has 0 radical (unpaired) electrons. The molecule has 1 aromatic heterocycles. The van der Waals surface area contributed by atoms with Crippen LogP contribution >= 0.6 is 0 Å². The molecule has 0 saturated carbocycles. The topological polar surface area (TPSA) is 25.2 Å². The van der Waals surface area contributed by atoms with E-state index in [0.717, 1.165) is 11.4 Å². The summed E-state index contributed by atoms with van der Waals surface area (Å²) in [5.74, 6) is 0. The summed E-state index contributed by atoms with van der Waals surface area (Å²) in [7, 11) is 0. The van der Waals surface area contributed by atoms with Gasteiger partial charge in [-0.2, -0.15) is 0 Å². The van der Waals surface area contributed by atoms with E-state index in [1.54, 1.807) is 0 Å². The van der Waals surface area contributed by atoms with E-state index in [-0.39, 0.29) is 0 Å². The lowest BCUT2D eigenvalue weighted by atomic mass is 10.2. The fraction of sp³-hybridized carbons (Fsp3) is 0.143. The van der Waals surface area contributed by atoms with Gasteiger partial charge in [0.2, 0.25) is 0 Å². The number of hydrogen-bond donors (Lipinski definition) is 0. The summed E-state index contributed by atoms with van der Waals surface area (Å²) in [6, 6.07) is 16.1. The number of rotatable bonds is 3. The van der Waals surface area contributed by atoms with Crippen LogP contribution in [0.15, 0.2) is 53.5 Å². The van der Waals surface area contributed by atoms with Crippen LogP contribution in [0.1, 0.15) is 17.0 Å². The van der Waals surface area contributed by atoms with E-state index < -0.39 is 0 Å². The molecule has 0 aliphatic carbocycles. The molecule has 0 aliphatic rings. The first-order chi connectivity index (χ1) is 7.84. The zero-order valence-electron chi connectivity index (χ0n) is 9.30. The summed E-state index contributed by atoms with van der Waals surface area (Å²) >= 11 is 0. The molecule has 0 bridgehead atoms. The lowest BCUT2D eigenvalue weighted by molar-refractivity contribution is 1.07. The normalized spacial score (nSPS) is 10.8. The Bertz CT molecular complexity index is 475. The first-order valence-corrected chi connectivity index (χ1v) is 5.32. The van der Waals surface area contributed by atoms with Crippen molar-refractivity contribution < 1.29 is 0 Å². The van der Waals surface area contributed by atoms with Gasteiger partial charge in [0.15, 0.2) is 0 Å². The van der Waals surface area contributed by atoms with Crippen LogP contribution in [0.25, 0.3) is 0 Å². The van der Waals surface area contributed by atoms with Crippen molar-refractivity contribution in [3.8, 4) is 0 Å². The molecule has 2 rings (SSSR count). The van der Waals surface area contributed by atoms with Gasteiger partial charge in [-0.15, -0.1) is 0 Å². The van der Waals surface area contributed by atoms with Crippen molar-refractivity contribution in [2.24, 2.45) is 4.99 Å². The molecule has 2 aromatic rings. The van der Waals surface area contributed by atoms with Crippen LogP contribution in [0, 0.1) is 6.92 Å². The van der Waals surface area contributed by atoms with Crippen molar-refractivity contribution in [1.82, 2.24) is 4.98 Å². The van der Waals surface area contributed by atoms with E-state index in [4.69, 9.17) is 0 Å². The Labute approximate surface area is 95.7 Å². The minimum absolute atomic E-state index is 0.705. The molecule has 0 spiro atoms. The van der Waals surface area contributed by atoms with Gasteiger partial charge in [0.25, 0.3) is 0 Å². The summed E-state index contributed by atoms with van der Waals surface area (Å²) in [6.07, 6.45) is 1.82. The Hall–Kier alpha value is -1.96. The fourth-order valence-corrected chi connectivity index (χ4v) is 1.46. The minimum atomic E-state index is 0.705. The summed E-state index contributed by atoms with van der Waals surface area (Å²) in [5.41, 5.74) is 3.14. The number of hydrogen-bond acceptors (Lipinski definition) is 2. The third-order valence-electron chi connectivity index (χ3n) is 2.25. The van der Waals surface area contributed by atoms with E-state index >= 15 is 0 Å².